The maximum atomic E-state index is 9.52. The van der Waals surface area contributed by atoms with E-state index >= 15 is 0 Å². The highest BCUT2D eigenvalue weighted by molar-refractivity contribution is 9.10. The van der Waals surface area contributed by atoms with E-state index in [0.717, 1.165) is 11.1 Å². The number of benzene rings is 2. The Hall–Kier alpha value is -2.95. The Morgan fingerprint density at radius 3 is 1.91 bits per heavy atom. The topological polar surface area (TPSA) is 41.0 Å². The Morgan fingerprint density at radius 2 is 1.43 bits per heavy atom. The summed E-state index contributed by atoms with van der Waals surface area (Å²) in [5.41, 5.74) is 3.57. The lowest BCUT2D eigenvalue weighted by Gasteiger charge is -2.12. The molecule has 0 spiro atoms. The predicted octanol–water partition coefficient (Wildman–Crippen LogP) is 5.60. The molecule has 0 aliphatic heterocycles. The van der Waals surface area contributed by atoms with Crippen LogP contribution in [0.25, 0.3) is 27.4 Å². The molecule has 108 valence electrons. The van der Waals surface area contributed by atoms with Gasteiger partial charge >= 0.3 is 0 Å². The third-order valence-corrected chi connectivity index (χ3v) is 4.20. The third-order valence-electron chi connectivity index (χ3n) is 3.43. The lowest BCUT2D eigenvalue weighted by Crippen LogP contribution is -1.95. The summed E-state index contributed by atoms with van der Waals surface area (Å²) in [5, 5.41) is 9.52. The fourth-order valence-electron chi connectivity index (χ4n) is 2.35. The molecule has 0 bridgehead atoms. The first-order valence-electron chi connectivity index (χ1n) is 6.88. The van der Waals surface area contributed by atoms with Gasteiger partial charge in [-0.2, -0.15) is 5.26 Å². The minimum atomic E-state index is 0.354. The summed E-state index contributed by atoms with van der Waals surface area (Å²) in [6, 6.07) is 21.2. The van der Waals surface area contributed by atoms with Crippen LogP contribution in [-0.2, 0) is 0 Å². The molecule has 0 N–H and O–H groups in total. The molecule has 0 saturated carbocycles. The SMILES string of the molecule is [C-]#[N+]c1c(-c2ccccc2)nc(-c2ccccc2)c(C#N)c1Br. The zero-order valence-electron chi connectivity index (χ0n) is 12.0. The molecular formula is C19H10BrN3. The van der Waals surface area contributed by atoms with Crippen molar-refractivity contribution in [2.45, 2.75) is 0 Å². The van der Waals surface area contributed by atoms with E-state index in [-0.39, 0.29) is 0 Å². The summed E-state index contributed by atoms with van der Waals surface area (Å²) in [7, 11) is 0. The zero-order chi connectivity index (χ0) is 16.2. The minimum Gasteiger partial charge on any atom is -0.258 e. The number of nitriles is 1. The van der Waals surface area contributed by atoms with Gasteiger partial charge in [-0.25, -0.2) is 4.85 Å². The maximum absolute atomic E-state index is 9.52. The van der Waals surface area contributed by atoms with Gasteiger partial charge in [-0.1, -0.05) is 76.6 Å². The van der Waals surface area contributed by atoms with Crippen LogP contribution in [0.3, 0.4) is 0 Å². The fraction of sp³-hybridized carbons (Fsp3) is 0. The Bertz CT molecular complexity index is 861. The predicted molar refractivity (Wildman–Crippen MR) is 93.8 cm³/mol. The lowest BCUT2D eigenvalue weighted by atomic mass is 10.0. The highest BCUT2D eigenvalue weighted by atomic mass is 79.9. The molecule has 0 saturated heterocycles. The third kappa shape index (κ3) is 2.73. The Balaban J connectivity index is 2.37. The maximum Gasteiger partial charge on any atom is 0.228 e. The summed E-state index contributed by atoms with van der Waals surface area (Å²) in [5.74, 6) is 0. The first-order valence-corrected chi connectivity index (χ1v) is 7.67. The zero-order valence-corrected chi connectivity index (χ0v) is 13.6. The highest BCUT2D eigenvalue weighted by Crippen LogP contribution is 2.41. The normalized spacial score (nSPS) is 9.87. The monoisotopic (exact) mass is 359 g/mol. The Labute approximate surface area is 142 Å². The average Bonchev–Trinajstić information content (AvgIpc) is 2.62. The first-order chi connectivity index (χ1) is 11.3. The van der Waals surface area contributed by atoms with Crippen LogP contribution in [0.5, 0.6) is 0 Å². The molecule has 0 fully saturated rings. The van der Waals surface area contributed by atoms with E-state index in [9.17, 15) is 5.26 Å². The van der Waals surface area contributed by atoms with Gasteiger partial charge in [-0.05, 0) is 5.56 Å². The van der Waals surface area contributed by atoms with Crippen LogP contribution in [0.2, 0.25) is 0 Å². The second kappa shape index (κ2) is 6.44. The standard InChI is InChI=1S/C19H10BrN3/c1-22-19-16(20)15(12-21)17(13-8-4-2-5-9-13)23-18(19)14-10-6-3-7-11-14/h2-11H. The summed E-state index contributed by atoms with van der Waals surface area (Å²) < 4.78 is 0.489. The van der Waals surface area contributed by atoms with Gasteiger partial charge < -0.3 is 0 Å². The van der Waals surface area contributed by atoms with Crippen molar-refractivity contribution in [2.24, 2.45) is 0 Å². The Morgan fingerprint density at radius 1 is 0.913 bits per heavy atom. The summed E-state index contributed by atoms with van der Waals surface area (Å²) in [4.78, 5) is 8.23. The van der Waals surface area contributed by atoms with E-state index in [1.807, 2.05) is 60.7 Å². The lowest BCUT2D eigenvalue weighted by molar-refractivity contribution is 1.29. The largest absolute Gasteiger partial charge is 0.258 e. The molecular weight excluding hydrogens is 350 g/mol. The number of pyridine rings is 1. The van der Waals surface area contributed by atoms with Gasteiger partial charge in [0.2, 0.25) is 5.69 Å². The quantitative estimate of drug-likeness (QED) is 0.558. The molecule has 23 heavy (non-hydrogen) atoms. The van der Waals surface area contributed by atoms with Crippen LogP contribution in [0.15, 0.2) is 65.1 Å². The molecule has 0 radical (unpaired) electrons. The number of aromatic nitrogens is 1. The molecule has 1 heterocycles. The van der Waals surface area contributed by atoms with Gasteiger partial charge in [0.05, 0.1) is 23.5 Å². The summed E-state index contributed by atoms with van der Waals surface area (Å²) in [6.45, 7) is 7.47. The second-order valence-corrected chi connectivity index (χ2v) is 5.60. The molecule has 0 aliphatic carbocycles. The van der Waals surface area contributed by atoms with Crippen molar-refractivity contribution >= 4 is 21.6 Å². The van der Waals surface area contributed by atoms with Crippen LogP contribution in [-0.4, -0.2) is 4.98 Å². The molecule has 0 unspecified atom stereocenters. The number of nitrogens with zero attached hydrogens (tertiary/aromatic N) is 3. The van der Waals surface area contributed by atoms with E-state index < -0.39 is 0 Å². The van der Waals surface area contributed by atoms with Gasteiger partial charge in [0, 0.05) is 10.0 Å². The number of rotatable bonds is 2. The van der Waals surface area contributed by atoms with Gasteiger partial charge in [0.15, 0.2) is 0 Å². The molecule has 0 amide bonds. The molecule has 3 rings (SSSR count). The molecule has 1 aromatic heterocycles. The molecule has 0 aliphatic rings. The van der Waals surface area contributed by atoms with Crippen molar-refractivity contribution in [1.29, 1.82) is 5.26 Å². The van der Waals surface area contributed by atoms with Crippen LogP contribution in [0.1, 0.15) is 5.56 Å². The van der Waals surface area contributed by atoms with Gasteiger partial charge in [-0.3, -0.25) is 4.98 Å². The van der Waals surface area contributed by atoms with Gasteiger partial charge in [-0.15, -0.1) is 0 Å². The molecule has 2 aromatic carbocycles. The number of halogens is 1. The smallest absolute Gasteiger partial charge is 0.228 e. The van der Waals surface area contributed by atoms with Crippen LogP contribution in [0, 0.1) is 17.9 Å². The van der Waals surface area contributed by atoms with Crippen LogP contribution < -0.4 is 0 Å². The van der Waals surface area contributed by atoms with E-state index in [1.165, 1.54) is 0 Å². The Kier molecular flexibility index (Phi) is 4.19. The second-order valence-electron chi connectivity index (χ2n) is 4.80. The van der Waals surface area contributed by atoms with Crippen molar-refractivity contribution in [1.82, 2.24) is 4.98 Å². The highest BCUT2D eigenvalue weighted by Gasteiger charge is 2.20. The number of hydrogen-bond acceptors (Lipinski definition) is 2. The van der Waals surface area contributed by atoms with Crippen molar-refractivity contribution in [3.8, 4) is 28.6 Å². The molecule has 3 aromatic rings. The van der Waals surface area contributed by atoms with E-state index in [1.54, 1.807) is 0 Å². The molecule has 3 nitrogen and oxygen atoms in total. The van der Waals surface area contributed by atoms with Crippen molar-refractivity contribution in [3.05, 3.63) is 82.1 Å². The fourth-order valence-corrected chi connectivity index (χ4v) is 2.91. The molecule has 4 heteroatoms. The first kappa shape index (κ1) is 15.0. The van der Waals surface area contributed by atoms with E-state index in [0.29, 0.717) is 27.1 Å². The minimum absolute atomic E-state index is 0.354. The van der Waals surface area contributed by atoms with Crippen LogP contribution in [0.4, 0.5) is 5.69 Å². The van der Waals surface area contributed by atoms with Gasteiger partial charge in [0.1, 0.15) is 6.07 Å². The van der Waals surface area contributed by atoms with Crippen molar-refractivity contribution in [2.75, 3.05) is 0 Å². The van der Waals surface area contributed by atoms with Crippen LogP contribution >= 0.6 is 15.9 Å². The average molecular weight is 360 g/mol. The van der Waals surface area contributed by atoms with E-state index in [2.05, 4.69) is 31.8 Å². The van der Waals surface area contributed by atoms with Crippen molar-refractivity contribution < 1.29 is 0 Å². The molecule has 0 atom stereocenters. The number of hydrogen-bond donors (Lipinski definition) is 0. The van der Waals surface area contributed by atoms with Gasteiger partial charge in [0.25, 0.3) is 0 Å². The summed E-state index contributed by atoms with van der Waals surface area (Å²) >= 11 is 3.42. The van der Waals surface area contributed by atoms with E-state index in [4.69, 9.17) is 6.57 Å². The van der Waals surface area contributed by atoms with Crippen molar-refractivity contribution in [3.63, 3.8) is 0 Å². The summed E-state index contributed by atoms with van der Waals surface area (Å²) in [6.07, 6.45) is 0.